The van der Waals surface area contributed by atoms with E-state index in [1.807, 2.05) is 25.1 Å². The maximum Gasteiger partial charge on any atom is 0.226 e. The van der Waals surface area contributed by atoms with Crippen molar-refractivity contribution in [2.75, 3.05) is 6.54 Å². The van der Waals surface area contributed by atoms with E-state index < -0.39 is 15.7 Å². The first kappa shape index (κ1) is 19.4. The van der Waals surface area contributed by atoms with Crippen LogP contribution in [0.2, 0.25) is 0 Å². The van der Waals surface area contributed by atoms with Crippen molar-refractivity contribution in [3.05, 3.63) is 60.4 Å². The molecule has 1 atom stereocenters. The lowest BCUT2D eigenvalue weighted by atomic mass is 10.1. The number of rotatable bonds is 6. The predicted molar refractivity (Wildman–Crippen MR) is 109 cm³/mol. The normalized spacial score (nSPS) is 13.1. The van der Waals surface area contributed by atoms with Crippen molar-refractivity contribution in [1.29, 1.82) is 0 Å². The van der Waals surface area contributed by atoms with Gasteiger partial charge in [0.05, 0.1) is 4.90 Å². The van der Waals surface area contributed by atoms with Gasteiger partial charge >= 0.3 is 0 Å². The molecule has 3 aromatic carbocycles. The van der Waals surface area contributed by atoms with Gasteiger partial charge in [0.15, 0.2) is 5.03 Å². The second-order valence-electron chi connectivity index (χ2n) is 6.72. The van der Waals surface area contributed by atoms with Gasteiger partial charge < -0.3 is 10.5 Å². The highest BCUT2D eigenvalue weighted by atomic mass is 32.2. The van der Waals surface area contributed by atoms with Crippen molar-refractivity contribution in [2.45, 2.75) is 29.4 Å². The molecule has 1 heterocycles. The fourth-order valence-corrected chi connectivity index (χ4v) is 4.90. The van der Waals surface area contributed by atoms with Crippen LogP contribution in [0.25, 0.3) is 21.7 Å². The standard InChI is InChI=1S/C21H20FN3O3S/c1-2-15(12-23)28-18-11-14(22)10-17-20(18)24-25-21(17)29(26,27)19-9-5-7-13-6-3-4-8-16(13)19/h3-11,15H,2,12,23H2,1H3,(H,24,25). The topological polar surface area (TPSA) is 98.1 Å². The molecule has 1 unspecified atom stereocenters. The van der Waals surface area contributed by atoms with Gasteiger partial charge in [-0.05, 0) is 23.9 Å². The molecule has 4 rings (SSSR count). The first-order chi connectivity index (χ1) is 14.0. The quantitative estimate of drug-likeness (QED) is 0.501. The number of nitrogens with zero attached hydrogens (tertiary/aromatic N) is 1. The molecule has 0 saturated carbocycles. The smallest absolute Gasteiger partial charge is 0.226 e. The zero-order valence-corrected chi connectivity index (χ0v) is 16.5. The lowest BCUT2D eigenvalue weighted by Crippen LogP contribution is -2.25. The van der Waals surface area contributed by atoms with Crippen LogP contribution < -0.4 is 10.5 Å². The summed E-state index contributed by atoms with van der Waals surface area (Å²) in [4.78, 5) is 0.115. The Hall–Kier alpha value is -2.97. The summed E-state index contributed by atoms with van der Waals surface area (Å²) in [6.07, 6.45) is 0.311. The Labute approximate surface area is 167 Å². The average Bonchev–Trinajstić information content (AvgIpc) is 3.16. The van der Waals surface area contributed by atoms with Crippen LogP contribution in [0.3, 0.4) is 0 Å². The van der Waals surface area contributed by atoms with Crippen LogP contribution in [0.1, 0.15) is 13.3 Å². The van der Waals surface area contributed by atoms with E-state index in [1.165, 1.54) is 12.1 Å². The number of hydrogen-bond acceptors (Lipinski definition) is 5. The number of aromatic nitrogens is 2. The number of aromatic amines is 1. The van der Waals surface area contributed by atoms with Gasteiger partial charge in [-0.25, -0.2) is 12.8 Å². The van der Waals surface area contributed by atoms with Crippen LogP contribution in [0.5, 0.6) is 5.75 Å². The number of nitrogens with one attached hydrogen (secondary N) is 1. The van der Waals surface area contributed by atoms with Crippen LogP contribution >= 0.6 is 0 Å². The molecule has 0 radical (unpaired) electrons. The fraction of sp³-hybridized carbons (Fsp3) is 0.190. The van der Waals surface area contributed by atoms with Gasteiger partial charge in [0.1, 0.15) is 23.2 Å². The highest BCUT2D eigenvalue weighted by Gasteiger charge is 2.27. The summed E-state index contributed by atoms with van der Waals surface area (Å²) in [5.74, 6) is -0.431. The number of ether oxygens (including phenoxy) is 1. The van der Waals surface area contributed by atoms with E-state index in [-0.39, 0.29) is 33.7 Å². The molecular weight excluding hydrogens is 393 g/mol. The maximum absolute atomic E-state index is 14.3. The minimum absolute atomic E-state index is 0.115. The summed E-state index contributed by atoms with van der Waals surface area (Å²) >= 11 is 0. The number of H-pyrrole nitrogens is 1. The molecule has 0 amide bonds. The van der Waals surface area contributed by atoms with Gasteiger partial charge in [-0.3, -0.25) is 5.10 Å². The van der Waals surface area contributed by atoms with Crippen LogP contribution in [0.4, 0.5) is 4.39 Å². The molecule has 29 heavy (non-hydrogen) atoms. The molecule has 0 aliphatic heterocycles. The molecular formula is C21H20FN3O3S. The lowest BCUT2D eigenvalue weighted by molar-refractivity contribution is 0.207. The van der Waals surface area contributed by atoms with E-state index >= 15 is 0 Å². The molecule has 0 bridgehead atoms. The molecule has 0 aliphatic carbocycles. The summed E-state index contributed by atoms with van der Waals surface area (Å²) in [5.41, 5.74) is 5.99. The third-order valence-electron chi connectivity index (χ3n) is 4.87. The van der Waals surface area contributed by atoms with E-state index in [9.17, 15) is 12.8 Å². The molecule has 8 heteroatoms. The second-order valence-corrected chi connectivity index (χ2v) is 8.55. The monoisotopic (exact) mass is 413 g/mol. The fourth-order valence-electron chi connectivity index (χ4n) is 3.34. The SMILES string of the molecule is CCC(CN)Oc1cc(F)cc2c(S(=O)(=O)c3cccc4ccccc34)n[nH]c12. The Morgan fingerprint density at radius 2 is 1.90 bits per heavy atom. The Morgan fingerprint density at radius 1 is 1.14 bits per heavy atom. The highest BCUT2D eigenvalue weighted by Crippen LogP contribution is 2.35. The number of fused-ring (bicyclic) bond motifs is 2. The molecule has 0 aliphatic rings. The van der Waals surface area contributed by atoms with Crippen molar-refractivity contribution in [2.24, 2.45) is 5.73 Å². The molecule has 4 aromatic rings. The van der Waals surface area contributed by atoms with Crippen molar-refractivity contribution >= 4 is 31.5 Å². The minimum atomic E-state index is -4.01. The molecule has 6 nitrogen and oxygen atoms in total. The number of hydrogen-bond donors (Lipinski definition) is 2. The Morgan fingerprint density at radius 3 is 2.66 bits per heavy atom. The summed E-state index contributed by atoms with van der Waals surface area (Å²) in [6.45, 7) is 2.15. The number of benzene rings is 3. The Kier molecular flexibility index (Phi) is 4.97. The van der Waals surface area contributed by atoms with E-state index in [2.05, 4.69) is 10.2 Å². The van der Waals surface area contributed by atoms with E-state index in [0.29, 0.717) is 17.3 Å². The summed E-state index contributed by atoms with van der Waals surface area (Å²) in [5, 5.41) is 7.98. The Balaban J connectivity index is 1.91. The number of sulfone groups is 1. The molecule has 3 N–H and O–H groups in total. The summed E-state index contributed by atoms with van der Waals surface area (Å²) < 4.78 is 46.9. The number of halogens is 1. The average molecular weight is 413 g/mol. The summed E-state index contributed by atoms with van der Waals surface area (Å²) in [7, 11) is -4.01. The van der Waals surface area contributed by atoms with Crippen molar-refractivity contribution in [3.63, 3.8) is 0 Å². The van der Waals surface area contributed by atoms with Gasteiger partial charge in [0.2, 0.25) is 9.84 Å². The predicted octanol–water partition coefficient (Wildman–Crippen LogP) is 3.80. The van der Waals surface area contributed by atoms with Gasteiger partial charge in [0.25, 0.3) is 0 Å². The molecule has 150 valence electrons. The first-order valence-electron chi connectivity index (χ1n) is 9.23. The first-order valence-corrected chi connectivity index (χ1v) is 10.7. The van der Waals surface area contributed by atoms with Crippen LogP contribution in [-0.4, -0.2) is 31.3 Å². The molecule has 0 saturated heterocycles. The maximum atomic E-state index is 14.3. The zero-order chi connectivity index (χ0) is 20.6. The van der Waals surface area contributed by atoms with Gasteiger partial charge in [-0.15, -0.1) is 0 Å². The van der Waals surface area contributed by atoms with Crippen molar-refractivity contribution in [3.8, 4) is 5.75 Å². The minimum Gasteiger partial charge on any atom is -0.487 e. The van der Waals surface area contributed by atoms with Crippen LogP contribution in [0.15, 0.2) is 64.5 Å². The van der Waals surface area contributed by atoms with E-state index in [4.69, 9.17) is 10.5 Å². The summed E-state index contributed by atoms with van der Waals surface area (Å²) in [6, 6.07) is 14.6. The van der Waals surface area contributed by atoms with Gasteiger partial charge in [-0.2, -0.15) is 5.10 Å². The lowest BCUT2D eigenvalue weighted by Gasteiger charge is -2.16. The van der Waals surface area contributed by atoms with Crippen LogP contribution in [-0.2, 0) is 9.84 Å². The van der Waals surface area contributed by atoms with Gasteiger partial charge in [0, 0.05) is 23.4 Å². The molecule has 0 fully saturated rings. The second kappa shape index (κ2) is 7.46. The zero-order valence-electron chi connectivity index (χ0n) is 15.7. The molecule has 0 spiro atoms. The van der Waals surface area contributed by atoms with Crippen molar-refractivity contribution in [1.82, 2.24) is 10.2 Å². The molecule has 1 aromatic heterocycles. The van der Waals surface area contributed by atoms with E-state index in [0.717, 1.165) is 11.5 Å². The van der Waals surface area contributed by atoms with E-state index in [1.54, 1.807) is 18.2 Å². The highest BCUT2D eigenvalue weighted by molar-refractivity contribution is 7.91. The third-order valence-corrected chi connectivity index (χ3v) is 6.63. The third kappa shape index (κ3) is 3.34. The largest absolute Gasteiger partial charge is 0.487 e. The van der Waals surface area contributed by atoms with Gasteiger partial charge in [-0.1, -0.05) is 43.3 Å². The number of nitrogens with two attached hydrogens (primary N) is 1. The van der Waals surface area contributed by atoms with Crippen LogP contribution in [0, 0.1) is 5.82 Å². The van der Waals surface area contributed by atoms with Crippen molar-refractivity contribution < 1.29 is 17.5 Å². The Bertz CT molecular complexity index is 1290.